The highest BCUT2D eigenvalue weighted by atomic mass is 16.5. The smallest absolute Gasteiger partial charge is 0.253 e. The van der Waals surface area contributed by atoms with E-state index in [1.807, 2.05) is 24.3 Å². The SMILES string of the molecule is COCCN(CCC#N)C(=O)c1ccccc1. The third-order valence-corrected chi connectivity index (χ3v) is 2.37. The fraction of sp³-hybridized carbons (Fsp3) is 0.385. The van der Waals surface area contributed by atoms with Gasteiger partial charge in [0.25, 0.3) is 5.91 Å². The Labute approximate surface area is 101 Å². The van der Waals surface area contributed by atoms with Gasteiger partial charge in [0, 0.05) is 25.8 Å². The van der Waals surface area contributed by atoms with Gasteiger partial charge in [0.2, 0.25) is 0 Å². The van der Waals surface area contributed by atoms with Crippen molar-refractivity contribution in [2.75, 3.05) is 26.8 Å². The largest absolute Gasteiger partial charge is 0.383 e. The topological polar surface area (TPSA) is 53.3 Å². The summed E-state index contributed by atoms with van der Waals surface area (Å²) in [5.41, 5.74) is 0.640. The molecule has 0 spiro atoms. The average molecular weight is 232 g/mol. The van der Waals surface area contributed by atoms with Gasteiger partial charge in [-0.3, -0.25) is 4.79 Å². The Morgan fingerprint density at radius 3 is 2.65 bits per heavy atom. The molecule has 0 aliphatic rings. The van der Waals surface area contributed by atoms with Gasteiger partial charge >= 0.3 is 0 Å². The third-order valence-electron chi connectivity index (χ3n) is 2.37. The number of carbonyl (C=O) groups excluding carboxylic acids is 1. The summed E-state index contributed by atoms with van der Waals surface area (Å²) in [4.78, 5) is 13.8. The van der Waals surface area contributed by atoms with Crippen molar-refractivity contribution in [2.45, 2.75) is 6.42 Å². The number of carbonyl (C=O) groups is 1. The van der Waals surface area contributed by atoms with E-state index in [1.54, 1.807) is 24.1 Å². The second-order valence-corrected chi connectivity index (χ2v) is 3.56. The van der Waals surface area contributed by atoms with Crippen molar-refractivity contribution in [3.8, 4) is 6.07 Å². The van der Waals surface area contributed by atoms with Gasteiger partial charge in [-0.25, -0.2) is 0 Å². The summed E-state index contributed by atoms with van der Waals surface area (Å²) >= 11 is 0. The Morgan fingerprint density at radius 1 is 1.35 bits per heavy atom. The van der Waals surface area contributed by atoms with E-state index in [4.69, 9.17) is 10.00 Å². The molecule has 0 heterocycles. The molecule has 0 radical (unpaired) electrons. The molecule has 0 unspecified atom stereocenters. The van der Waals surface area contributed by atoms with Crippen LogP contribution in [0.3, 0.4) is 0 Å². The zero-order valence-electron chi connectivity index (χ0n) is 9.93. The second kappa shape index (κ2) is 7.42. The maximum Gasteiger partial charge on any atom is 0.253 e. The quantitative estimate of drug-likeness (QED) is 0.750. The molecule has 0 aliphatic heterocycles. The summed E-state index contributed by atoms with van der Waals surface area (Å²) in [7, 11) is 1.59. The van der Waals surface area contributed by atoms with Crippen molar-refractivity contribution in [3.05, 3.63) is 35.9 Å². The predicted molar refractivity (Wildman–Crippen MR) is 64.5 cm³/mol. The van der Waals surface area contributed by atoms with Crippen LogP contribution in [0.25, 0.3) is 0 Å². The number of benzene rings is 1. The van der Waals surface area contributed by atoms with Crippen molar-refractivity contribution in [2.24, 2.45) is 0 Å². The zero-order chi connectivity index (χ0) is 12.5. The second-order valence-electron chi connectivity index (χ2n) is 3.56. The van der Waals surface area contributed by atoms with Gasteiger partial charge < -0.3 is 9.64 Å². The standard InChI is InChI=1S/C13H16N2O2/c1-17-11-10-15(9-5-8-14)13(16)12-6-3-2-4-7-12/h2-4,6-7H,5,9-11H2,1H3. The minimum absolute atomic E-state index is 0.0575. The van der Waals surface area contributed by atoms with E-state index < -0.39 is 0 Å². The van der Waals surface area contributed by atoms with Gasteiger partial charge in [0.15, 0.2) is 0 Å². The van der Waals surface area contributed by atoms with E-state index in [-0.39, 0.29) is 5.91 Å². The lowest BCUT2D eigenvalue weighted by molar-refractivity contribution is 0.0700. The lowest BCUT2D eigenvalue weighted by atomic mass is 10.2. The van der Waals surface area contributed by atoms with Gasteiger partial charge in [0.05, 0.1) is 19.1 Å². The van der Waals surface area contributed by atoms with Gasteiger partial charge in [0.1, 0.15) is 0 Å². The maximum absolute atomic E-state index is 12.1. The lowest BCUT2D eigenvalue weighted by Gasteiger charge is -2.21. The van der Waals surface area contributed by atoms with Crippen LogP contribution in [0, 0.1) is 11.3 Å². The van der Waals surface area contributed by atoms with E-state index in [0.29, 0.717) is 31.7 Å². The first-order chi connectivity index (χ1) is 8.29. The Morgan fingerprint density at radius 2 is 2.06 bits per heavy atom. The fourth-order valence-electron chi connectivity index (χ4n) is 1.46. The van der Waals surface area contributed by atoms with Crippen LogP contribution < -0.4 is 0 Å². The molecular formula is C13H16N2O2. The molecule has 1 aromatic carbocycles. The average Bonchev–Trinajstić information content (AvgIpc) is 2.39. The number of nitrogens with zero attached hydrogens (tertiary/aromatic N) is 2. The Balaban J connectivity index is 2.68. The molecule has 1 amide bonds. The number of rotatable bonds is 6. The highest BCUT2D eigenvalue weighted by Crippen LogP contribution is 2.05. The van der Waals surface area contributed by atoms with Gasteiger partial charge in [-0.2, -0.15) is 5.26 Å². The first-order valence-corrected chi connectivity index (χ1v) is 5.49. The van der Waals surface area contributed by atoms with Crippen LogP contribution >= 0.6 is 0 Å². The molecule has 0 saturated carbocycles. The van der Waals surface area contributed by atoms with Crippen molar-refractivity contribution < 1.29 is 9.53 Å². The first-order valence-electron chi connectivity index (χ1n) is 5.49. The fourth-order valence-corrected chi connectivity index (χ4v) is 1.46. The van der Waals surface area contributed by atoms with Crippen LogP contribution in [0.2, 0.25) is 0 Å². The Hall–Kier alpha value is -1.86. The third kappa shape index (κ3) is 4.25. The number of nitriles is 1. The number of hydrogen-bond donors (Lipinski definition) is 0. The minimum Gasteiger partial charge on any atom is -0.383 e. The van der Waals surface area contributed by atoms with Crippen LogP contribution in [0.5, 0.6) is 0 Å². The molecule has 0 saturated heterocycles. The number of hydrogen-bond acceptors (Lipinski definition) is 3. The van der Waals surface area contributed by atoms with Crippen LogP contribution in [0.15, 0.2) is 30.3 Å². The lowest BCUT2D eigenvalue weighted by Crippen LogP contribution is -2.34. The molecule has 1 rings (SSSR count). The summed E-state index contributed by atoms with van der Waals surface area (Å²) < 4.78 is 4.96. The van der Waals surface area contributed by atoms with Gasteiger partial charge in [-0.05, 0) is 12.1 Å². The zero-order valence-corrected chi connectivity index (χ0v) is 9.93. The monoisotopic (exact) mass is 232 g/mol. The summed E-state index contributed by atoms with van der Waals surface area (Å²) in [5, 5.41) is 8.57. The molecule has 1 aromatic rings. The highest BCUT2D eigenvalue weighted by molar-refractivity contribution is 5.94. The highest BCUT2D eigenvalue weighted by Gasteiger charge is 2.14. The predicted octanol–water partition coefficient (Wildman–Crippen LogP) is 1.69. The summed E-state index contributed by atoms with van der Waals surface area (Å²) in [6, 6.07) is 11.1. The molecular weight excluding hydrogens is 216 g/mol. The van der Waals surface area contributed by atoms with E-state index in [2.05, 4.69) is 0 Å². The summed E-state index contributed by atoms with van der Waals surface area (Å²) in [5.74, 6) is -0.0575. The molecule has 0 aromatic heterocycles. The first kappa shape index (κ1) is 13.2. The van der Waals surface area contributed by atoms with E-state index in [9.17, 15) is 4.79 Å². The number of amides is 1. The molecule has 4 nitrogen and oxygen atoms in total. The molecule has 0 atom stereocenters. The van der Waals surface area contributed by atoms with Crippen LogP contribution in [0.4, 0.5) is 0 Å². The van der Waals surface area contributed by atoms with Gasteiger partial charge in [-0.1, -0.05) is 18.2 Å². The number of methoxy groups -OCH3 is 1. The van der Waals surface area contributed by atoms with Gasteiger partial charge in [-0.15, -0.1) is 0 Å². The molecule has 4 heteroatoms. The van der Waals surface area contributed by atoms with Crippen molar-refractivity contribution in [3.63, 3.8) is 0 Å². The Kier molecular flexibility index (Phi) is 5.76. The molecule has 0 fully saturated rings. The van der Waals surface area contributed by atoms with E-state index in [0.717, 1.165) is 0 Å². The van der Waals surface area contributed by atoms with Crippen LogP contribution in [-0.4, -0.2) is 37.6 Å². The van der Waals surface area contributed by atoms with Crippen molar-refractivity contribution in [1.29, 1.82) is 5.26 Å². The van der Waals surface area contributed by atoms with Crippen molar-refractivity contribution >= 4 is 5.91 Å². The summed E-state index contributed by atoms with van der Waals surface area (Å²) in [6.45, 7) is 1.42. The molecule has 90 valence electrons. The Bertz CT molecular complexity index is 384. The number of ether oxygens (including phenoxy) is 1. The van der Waals surface area contributed by atoms with Crippen LogP contribution in [0.1, 0.15) is 16.8 Å². The van der Waals surface area contributed by atoms with E-state index >= 15 is 0 Å². The van der Waals surface area contributed by atoms with E-state index in [1.165, 1.54) is 0 Å². The maximum atomic E-state index is 12.1. The minimum atomic E-state index is -0.0575. The van der Waals surface area contributed by atoms with Crippen LogP contribution in [-0.2, 0) is 4.74 Å². The van der Waals surface area contributed by atoms with Crippen molar-refractivity contribution in [1.82, 2.24) is 4.90 Å². The molecule has 0 bridgehead atoms. The molecule has 0 aliphatic carbocycles. The molecule has 0 N–H and O–H groups in total. The molecule has 17 heavy (non-hydrogen) atoms. The normalized spacial score (nSPS) is 9.65. The summed E-state index contributed by atoms with van der Waals surface area (Å²) in [6.07, 6.45) is 0.336.